The molecule has 2 aromatic rings. The lowest BCUT2D eigenvalue weighted by Crippen LogP contribution is -2.14. The van der Waals surface area contributed by atoms with Crippen molar-refractivity contribution >= 4 is 21.7 Å². The minimum absolute atomic E-state index is 0.0384. The number of halogens is 2. The topological polar surface area (TPSA) is 47.8 Å². The number of hydrogen-bond acceptors (Lipinski definition) is 3. The van der Waals surface area contributed by atoms with Gasteiger partial charge in [0.05, 0.1) is 12.0 Å². The summed E-state index contributed by atoms with van der Waals surface area (Å²) in [7, 11) is 0. The zero-order valence-electron chi connectivity index (χ0n) is 10.6. The predicted molar refractivity (Wildman–Crippen MR) is 72.5 cm³/mol. The lowest BCUT2D eigenvalue weighted by molar-refractivity contribution is 0.0985. The lowest BCUT2D eigenvalue weighted by atomic mass is 10.1. The van der Waals surface area contributed by atoms with Gasteiger partial charge < -0.3 is 0 Å². The van der Waals surface area contributed by atoms with Gasteiger partial charge in [0.1, 0.15) is 18.0 Å². The summed E-state index contributed by atoms with van der Waals surface area (Å²) >= 11 is 3.16. The van der Waals surface area contributed by atoms with Gasteiger partial charge in [-0.1, -0.05) is 15.9 Å². The fourth-order valence-electron chi connectivity index (χ4n) is 1.79. The minimum Gasteiger partial charge on any atom is -0.294 e. The molecular formula is C13H13BrFN3O. The minimum atomic E-state index is -0.532. The molecule has 0 bridgehead atoms. The number of benzene rings is 1. The maximum Gasteiger partial charge on any atom is 0.173 e. The molecule has 19 heavy (non-hydrogen) atoms. The molecular weight excluding hydrogens is 313 g/mol. The Kier molecular flexibility index (Phi) is 4.09. The van der Waals surface area contributed by atoms with Gasteiger partial charge in [-0.15, -0.1) is 0 Å². The molecule has 0 aliphatic rings. The van der Waals surface area contributed by atoms with Crippen LogP contribution < -0.4 is 0 Å². The molecule has 0 aliphatic carbocycles. The van der Waals surface area contributed by atoms with Gasteiger partial charge in [0.2, 0.25) is 0 Å². The molecule has 0 saturated carbocycles. The fourth-order valence-corrected chi connectivity index (χ4v) is 2.12. The van der Waals surface area contributed by atoms with Crippen molar-refractivity contribution in [2.45, 2.75) is 26.3 Å². The van der Waals surface area contributed by atoms with Crippen LogP contribution in [0.4, 0.5) is 4.39 Å². The smallest absolute Gasteiger partial charge is 0.173 e. The second kappa shape index (κ2) is 5.61. The van der Waals surface area contributed by atoms with Crippen LogP contribution in [0.2, 0.25) is 0 Å². The number of rotatable bonds is 4. The molecule has 4 nitrogen and oxygen atoms in total. The summed E-state index contributed by atoms with van der Waals surface area (Å²) in [5.74, 6) is -0.294. The maximum absolute atomic E-state index is 13.7. The summed E-state index contributed by atoms with van der Waals surface area (Å²) in [5.41, 5.74) is 0.0708. The zero-order chi connectivity index (χ0) is 14.0. The van der Waals surface area contributed by atoms with Gasteiger partial charge in [-0.3, -0.25) is 4.79 Å². The van der Waals surface area contributed by atoms with E-state index in [-0.39, 0.29) is 23.8 Å². The second-order valence-electron chi connectivity index (χ2n) is 4.44. The van der Waals surface area contributed by atoms with Crippen molar-refractivity contribution in [1.29, 1.82) is 0 Å². The van der Waals surface area contributed by atoms with Crippen LogP contribution in [0, 0.1) is 5.82 Å². The maximum atomic E-state index is 13.7. The van der Waals surface area contributed by atoms with Gasteiger partial charge in [0, 0.05) is 10.5 Å². The Morgan fingerprint density at radius 1 is 1.47 bits per heavy atom. The molecule has 0 N–H and O–H groups in total. The molecule has 1 aromatic carbocycles. The average Bonchev–Trinajstić information content (AvgIpc) is 2.76. The largest absolute Gasteiger partial charge is 0.294 e. The summed E-state index contributed by atoms with van der Waals surface area (Å²) in [5, 5.41) is 4.05. The standard InChI is InChI=1S/C13H13BrFN3O/c1-8(2)18-13(16-7-17-18)6-12(19)10-4-3-9(14)5-11(10)15/h3-5,7-8H,6H2,1-2H3. The first-order valence-corrected chi connectivity index (χ1v) is 6.65. The Balaban J connectivity index is 2.23. The number of ketones is 1. The first-order chi connectivity index (χ1) is 8.99. The summed E-state index contributed by atoms with van der Waals surface area (Å²) in [4.78, 5) is 16.1. The first kappa shape index (κ1) is 13.9. The monoisotopic (exact) mass is 325 g/mol. The van der Waals surface area contributed by atoms with E-state index in [2.05, 4.69) is 26.0 Å². The molecule has 0 aliphatic heterocycles. The van der Waals surface area contributed by atoms with E-state index in [0.29, 0.717) is 10.3 Å². The molecule has 0 spiro atoms. The third-order valence-corrected chi connectivity index (χ3v) is 3.18. The van der Waals surface area contributed by atoms with Crippen molar-refractivity contribution in [2.24, 2.45) is 0 Å². The van der Waals surface area contributed by atoms with E-state index < -0.39 is 5.82 Å². The highest BCUT2D eigenvalue weighted by molar-refractivity contribution is 9.10. The molecule has 1 aromatic heterocycles. The van der Waals surface area contributed by atoms with Crippen LogP contribution in [0.15, 0.2) is 29.0 Å². The van der Waals surface area contributed by atoms with E-state index in [1.54, 1.807) is 10.7 Å². The Morgan fingerprint density at radius 2 is 2.21 bits per heavy atom. The van der Waals surface area contributed by atoms with Crippen molar-refractivity contribution < 1.29 is 9.18 Å². The van der Waals surface area contributed by atoms with Gasteiger partial charge in [0.15, 0.2) is 5.78 Å². The van der Waals surface area contributed by atoms with Crippen LogP contribution in [0.25, 0.3) is 0 Å². The number of carbonyl (C=O) groups excluding carboxylic acids is 1. The first-order valence-electron chi connectivity index (χ1n) is 5.85. The normalized spacial score (nSPS) is 11.0. The summed E-state index contributed by atoms with van der Waals surface area (Å²) < 4.78 is 16.0. The van der Waals surface area contributed by atoms with E-state index in [1.165, 1.54) is 18.5 Å². The van der Waals surface area contributed by atoms with E-state index in [9.17, 15) is 9.18 Å². The van der Waals surface area contributed by atoms with E-state index >= 15 is 0 Å². The molecule has 0 radical (unpaired) electrons. The third-order valence-electron chi connectivity index (χ3n) is 2.69. The Morgan fingerprint density at radius 3 is 2.84 bits per heavy atom. The van der Waals surface area contributed by atoms with Crippen molar-refractivity contribution in [1.82, 2.24) is 14.8 Å². The highest BCUT2D eigenvalue weighted by Gasteiger charge is 2.16. The van der Waals surface area contributed by atoms with Crippen molar-refractivity contribution in [3.8, 4) is 0 Å². The lowest BCUT2D eigenvalue weighted by Gasteiger charge is -2.09. The van der Waals surface area contributed by atoms with Crippen LogP contribution in [-0.4, -0.2) is 20.5 Å². The zero-order valence-corrected chi connectivity index (χ0v) is 12.2. The summed E-state index contributed by atoms with van der Waals surface area (Å²) in [6.07, 6.45) is 1.44. The van der Waals surface area contributed by atoms with E-state index in [0.717, 1.165) is 0 Å². The SMILES string of the molecule is CC(C)n1ncnc1CC(=O)c1ccc(Br)cc1F. The van der Waals surface area contributed by atoms with Crippen molar-refractivity contribution in [3.63, 3.8) is 0 Å². The number of aromatic nitrogens is 3. The molecule has 2 rings (SSSR count). The molecule has 1 heterocycles. The van der Waals surface area contributed by atoms with Gasteiger partial charge in [0.25, 0.3) is 0 Å². The molecule has 0 atom stereocenters. The van der Waals surface area contributed by atoms with Crippen LogP contribution in [0.1, 0.15) is 36.1 Å². The highest BCUT2D eigenvalue weighted by atomic mass is 79.9. The van der Waals surface area contributed by atoms with Crippen LogP contribution in [0.5, 0.6) is 0 Å². The number of carbonyl (C=O) groups is 1. The number of hydrogen-bond donors (Lipinski definition) is 0. The fraction of sp³-hybridized carbons (Fsp3) is 0.308. The second-order valence-corrected chi connectivity index (χ2v) is 5.35. The molecule has 0 amide bonds. The Hall–Kier alpha value is -1.56. The van der Waals surface area contributed by atoms with E-state index in [4.69, 9.17) is 0 Å². The predicted octanol–water partition coefficient (Wildman–Crippen LogP) is 3.19. The van der Waals surface area contributed by atoms with E-state index in [1.807, 2.05) is 13.8 Å². The highest BCUT2D eigenvalue weighted by Crippen LogP contribution is 2.17. The Labute approximate surface area is 118 Å². The van der Waals surface area contributed by atoms with Crippen molar-refractivity contribution in [2.75, 3.05) is 0 Å². The summed E-state index contributed by atoms with van der Waals surface area (Å²) in [6.45, 7) is 3.89. The molecule has 0 saturated heterocycles. The van der Waals surface area contributed by atoms with Crippen molar-refractivity contribution in [3.05, 3.63) is 46.2 Å². The van der Waals surface area contributed by atoms with Crippen LogP contribution in [-0.2, 0) is 6.42 Å². The molecule has 0 fully saturated rings. The van der Waals surface area contributed by atoms with Gasteiger partial charge in [-0.05, 0) is 32.0 Å². The van der Waals surface area contributed by atoms with Gasteiger partial charge >= 0.3 is 0 Å². The van der Waals surface area contributed by atoms with Gasteiger partial charge in [-0.2, -0.15) is 5.10 Å². The molecule has 6 heteroatoms. The van der Waals surface area contributed by atoms with Crippen LogP contribution >= 0.6 is 15.9 Å². The third kappa shape index (κ3) is 3.07. The number of Topliss-reactive ketones (excluding diaryl/α,β-unsaturated/α-hetero) is 1. The number of nitrogens with zero attached hydrogens (tertiary/aromatic N) is 3. The molecule has 0 unspecified atom stereocenters. The quantitative estimate of drug-likeness (QED) is 0.811. The Bertz CT molecular complexity index is 610. The van der Waals surface area contributed by atoms with Crippen LogP contribution in [0.3, 0.4) is 0 Å². The average molecular weight is 326 g/mol. The summed E-state index contributed by atoms with van der Waals surface area (Å²) in [6, 6.07) is 4.50. The molecule has 100 valence electrons. The van der Waals surface area contributed by atoms with Gasteiger partial charge in [-0.25, -0.2) is 14.1 Å².